The van der Waals surface area contributed by atoms with E-state index in [0.717, 1.165) is 19.0 Å². The predicted molar refractivity (Wildman–Crippen MR) is 93.7 cm³/mol. The van der Waals surface area contributed by atoms with Crippen molar-refractivity contribution in [2.45, 2.75) is 63.1 Å². The summed E-state index contributed by atoms with van der Waals surface area (Å²) in [5.74, 6) is 0. The van der Waals surface area contributed by atoms with E-state index in [1.165, 1.54) is 51.6 Å². The van der Waals surface area contributed by atoms with E-state index in [1.54, 1.807) is 11.1 Å². The zero-order valence-electron chi connectivity index (χ0n) is 14.2. The SMILES string of the molecule is OCCC1CN(C2Cc3ccccc3C2)CCN1C1CCCC1. The molecule has 0 amide bonds. The molecule has 0 bridgehead atoms. The molecule has 1 unspecified atom stereocenters. The normalized spacial score (nSPS) is 27.6. The fourth-order valence-electron chi connectivity index (χ4n) is 5.14. The molecular weight excluding hydrogens is 284 g/mol. The monoisotopic (exact) mass is 314 g/mol. The van der Waals surface area contributed by atoms with Crippen molar-refractivity contribution in [3.63, 3.8) is 0 Å². The van der Waals surface area contributed by atoms with Crippen molar-refractivity contribution in [1.29, 1.82) is 0 Å². The summed E-state index contributed by atoms with van der Waals surface area (Å²) >= 11 is 0. The smallest absolute Gasteiger partial charge is 0.0446 e. The average molecular weight is 314 g/mol. The van der Waals surface area contributed by atoms with Crippen molar-refractivity contribution >= 4 is 0 Å². The summed E-state index contributed by atoms with van der Waals surface area (Å²) < 4.78 is 0. The molecule has 3 heteroatoms. The van der Waals surface area contributed by atoms with E-state index in [2.05, 4.69) is 34.1 Å². The minimum Gasteiger partial charge on any atom is -0.396 e. The maximum atomic E-state index is 9.53. The van der Waals surface area contributed by atoms with Crippen LogP contribution < -0.4 is 0 Å². The van der Waals surface area contributed by atoms with Crippen molar-refractivity contribution in [1.82, 2.24) is 9.80 Å². The van der Waals surface area contributed by atoms with Gasteiger partial charge in [0.2, 0.25) is 0 Å². The van der Waals surface area contributed by atoms with Gasteiger partial charge in [-0.25, -0.2) is 0 Å². The van der Waals surface area contributed by atoms with Crippen LogP contribution in [0.3, 0.4) is 0 Å². The maximum Gasteiger partial charge on any atom is 0.0446 e. The zero-order valence-corrected chi connectivity index (χ0v) is 14.2. The first-order chi connectivity index (χ1) is 11.3. The lowest BCUT2D eigenvalue weighted by Gasteiger charge is -2.46. The van der Waals surface area contributed by atoms with E-state index in [-0.39, 0.29) is 0 Å². The van der Waals surface area contributed by atoms with Crippen LogP contribution in [-0.4, -0.2) is 59.3 Å². The Morgan fingerprint density at radius 2 is 1.65 bits per heavy atom. The van der Waals surface area contributed by atoms with Crippen LogP contribution in [0.25, 0.3) is 0 Å². The molecule has 4 rings (SSSR count). The van der Waals surface area contributed by atoms with Crippen LogP contribution in [0.15, 0.2) is 24.3 Å². The van der Waals surface area contributed by atoms with E-state index < -0.39 is 0 Å². The molecule has 1 atom stereocenters. The van der Waals surface area contributed by atoms with Gasteiger partial charge < -0.3 is 5.11 Å². The van der Waals surface area contributed by atoms with Gasteiger partial charge >= 0.3 is 0 Å². The number of nitrogens with zero attached hydrogens (tertiary/aromatic N) is 2. The van der Waals surface area contributed by atoms with Gasteiger partial charge in [0.15, 0.2) is 0 Å². The van der Waals surface area contributed by atoms with Crippen LogP contribution in [0.4, 0.5) is 0 Å². The van der Waals surface area contributed by atoms with Crippen LogP contribution in [0.1, 0.15) is 43.2 Å². The van der Waals surface area contributed by atoms with Gasteiger partial charge in [0.1, 0.15) is 0 Å². The summed E-state index contributed by atoms with van der Waals surface area (Å²) in [6, 6.07) is 11.0. The standard InChI is InChI=1S/C20H30N2O/c23-12-9-19-15-21(10-11-22(19)18-7-3-4-8-18)20-13-16-5-1-2-6-17(16)14-20/h1-2,5-6,18-20,23H,3-4,7-15H2. The Balaban J connectivity index is 1.42. The molecule has 2 fully saturated rings. The highest BCUT2D eigenvalue weighted by Gasteiger charge is 2.36. The molecule has 1 aromatic rings. The van der Waals surface area contributed by atoms with Crippen LogP contribution >= 0.6 is 0 Å². The van der Waals surface area contributed by atoms with Crippen molar-refractivity contribution in [2.24, 2.45) is 0 Å². The number of aliphatic hydroxyl groups is 1. The minimum absolute atomic E-state index is 0.326. The van der Waals surface area contributed by atoms with Gasteiger partial charge in [0, 0.05) is 44.4 Å². The molecule has 0 radical (unpaired) electrons. The van der Waals surface area contributed by atoms with Gasteiger partial charge in [0.25, 0.3) is 0 Å². The number of benzene rings is 1. The van der Waals surface area contributed by atoms with Crippen LogP contribution in [-0.2, 0) is 12.8 Å². The Hall–Kier alpha value is -0.900. The van der Waals surface area contributed by atoms with Crippen molar-refractivity contribution in [3.05, 3.63) is 35.4 Å². The highest BCUT2D eigenvalue weighted by Crippen LogP contribution is 2.31. The molecule has 126 valence electrons. The lowest BCUT2D eigenvalue weighted by atomic mass is 10.0. The van der Waals surface area contributed by atoms with E-state index >= 15 is 0 Å². The van der Waals surface area contributed by atoms with Gasteiger partial charge in [-0.05, 0) is 43.2 Å². The predicted octanol–water partition coefficient (Wildman–Crippen LogP) is 2.46. The Bertz CT molecular complexity index is 501. The number of piperazine rings is 1. The summed E-state index contributed by atoms with van der Waals surface area (Å²) in [6.07, 6.45) is 8.90. The molecule has 1 saturated carbocycles. The van der Waals surface area contributed by atoms with E-state index in [1.807, 2.05) is 0 Å². The number of hydrogen-bond acceptors (Lipinski definition) is 3. The highest BCUT2D eigenvalue weighted by atomic mass is 16.3. The van der Waals surface area contributed by atoms with E-state index in [4.69, 9.17) is 0 Å². The summed E-state index contributed by atoms with van der Waals surface area (Å²) in [5.41, 5.74) is 3.10. The lowest BCUT2D eigenvalue weighted by molar-refractivity contribution is 0.0132. The largest absolute Gasteiger partial charge is 0.396 e. The molecule has 2 aliphatic carbocycles. The van der Waals surface area contributed by atoms with Crippen LogP contribution in [0.5, 0.6) is 0 Å². The highest BCUT2D eigenvalue weighted by molar-refractivity contribution is 5.33. The molecule has 23 heavy (non-hydrogen) atoms. The Kier molecular flexibility index (Phi) is 4.70. The number of hydrogen-bond donors (Lipinski definition) is 1. The van der Waals surface area contributed by atoms with Crippen LogP contribution in [0.2, 0.25) is 0 Å². The van der Waals surface area contributed by atoms with Gasteiger partial charge in [-0.1, -0.05) is 37.1 Å². The number of fused-ring (bicyclic) bond motifs is 1. The summed E-state index contributed by atoms with van der Waals surface area (Å²) in [6.45, 7) is 3.88. The molecule has 1 heterocycles. The zero-order chi connectivity index (χ0) is 15.6. The van der Waals surface area contributed by atoms with Gasteiger partial charge in [0.05, 0.1) is 0 Å². The lowest BCUT2D eigenvalue weighted by Crippen LogP contribution is -2.58. The van der Waals surface area contributed by atoms with Crippen molar-refractivity contribution in [3.8, 4) is 0 Å². The molecule has 3 aliphatic rings. The molecule has 1 aromatic carbocycles. The van der Waals surface area contributed by atoms with Crippen LogP contribution in [0, 0.1) is 0 Å². The van der Waals surface area contributed by atoms with Gasteiger partial charge in [-0.3, -0.25) is 9.80 Å². The first-order valence-electron chi connectivity index (χ1n) is 9.52. The fraction of sp³-hybridized carbons (Fsp3) is 0.700. The Morgan fingerprint density at radius 3 is 2.30 bits per heavy atom. The third-order valence-electron chi connectivity index (χ3n) is 6.36. The third kappa shape index (κ3) is 3.19. The van der Waals surface area contributed by atoms with Gasteiger partial charge in [-0.2, -0.15) is 0 Å². The Labute approximate surface area is 140 Å². The summed E-state index contributed by atoms with van der Waals surface area (Å²) in [7, 11) is 0. The second-order valence-electron chi connectivity index (χ2n) is 7.67. The molecule has 1 N–H and O–H groups in total. The first kappa shape index (κ1) is 15.6. The molecule has 3 nitrogen and oxygen atoms in total. The maximum absolute atomic E-state index is 9.53. The van der Waals surface area contributed by atoms with E-state index in [9.17, 15) is 5.11 Å². The van der Waals surface area contributed by atoms with Crippen molar-refractivity contribution in [2.75, 3.05) is 26.2 Å². The molecular formula is C20H30N2O. The average Bonchev–Trinajstić information content (AvgIpc) is 3.24. The molecule has 0 spiro atoms. The Morgan fingerprint density at radius 1 is 0.957 bits per heavy atom. The second-order valence-corrected chi connectivity index (χ2v) is 7.67. The number of rotatable bonds is 4. The molecule has 1 saturated heterocycles. The fourth-order valence-corrected chi connectivity index (χ4v) is 5.14. The van der Waals surface area contributed by atoms with Gasteiger partial charge in [-0.15, -0.1) is 0 Å². The quantitative estimate of drug-likeness (QED) is 0.925. The van der Waals surface area contributed by atoms with E-state index in [0.29, 0.717) is 18.7 Å². The van der Waals surface area contributed by atoms with Crippen molar-refractivity contribution < 1.29 is 5.11 Å². The summed E-state index contributed by atoms with van der Waals surface area (Å²) in [5, 5.41) is 9.53. The number of aliphatic hydroxyl groups excluding tert-OH is 1. The third-order valence-corrected chi connectivity index (χ3v) is 6.36. The molecule has 1 aliphatic heterocycles. The minimum atomic E-state index is 0.326. The summed E-state index contributed by atoms with van der Waals surface area (Å²) in [4.78, 5) is 5.45. The molecule has 0 aromatic heterocycles. The topological polar surface area (TPSA) is 26.7 Å². The first-order valence-corrected chi connectivity index (χ1v) is 9.52. The second kappa shape index (κ2) is 6.92.